The molecule has 11 rings (SSSR count). The highest BCUT2D eigenvalue weighted by atomic mass is 32.1. The van der Waals surface area contributed by atoms with Crippen LogP contribution in [-0.2, 0) is 10.8 Å². The summed E-state index contributed by atoms with van der Waals surface area (Å²) < 4.78 is 2.64. The van der Waals surface area contributed by atoms with E-state index in [4.69, 9.17) is 0 Å². The van der Waals surface area contributed by atoms with Crippen molar-refractivity contribution < 1.29 is 0 Å². The van der Waals surface area contributed by atoms with Crippen molar-refractivity contribution in [1.29, 1.82) is 0 Å². The Morgan fingerprint density at radius 3 is 1.94 bits per heavy atom. The van der Waals surface area contributed by atoms with Gasteiger partial charge in [-0.25, -0.2) is 0 Å². The summed E-state index contributed by atoms with van der Waals surface area (Å²) in [7, 11) is 0. The van der Waals surface area contributed by atoms with Crippen molar-refractivity contribution in [3.8, 4) is 22.3 Å². The van der Waals surface area contributed by atoms with Crippen molar-refractivity contribution in [3.05, 3.63) is 174 Å². The lowest BCUT2D eigenvalue weighted by molar-refractivity contribution is 0.647. The third-order valence-corrected chi connectivity index (χ3v) is 13.4. The number of anilines is 3. The molecule has 0 bridgehead atoms. The van der Waals surface area contributed by atoms with E-state index in [1.807, 2.05) is 11.3 Å². The molecule has 0 spiro atoms. The SMILES string of the molecule is CC1(C)c2cc(N(c3ccc4sc5ccccc5c4c3)c3cc4ccccc4c4ccccc34)ccc2-c2c1ccc1c2C(C)(C)c2ccccc2-1. The summed E-state index contributed by atoms with van der Waals surface area (Å²) in [6.45, 7) is 9.66. The van der Waals surface area contributed by atoms with E-state index in [0.717, 1.165) is 0 Å². The molecular weight excluding hydrogens is 647 g/mol. The highest BCUT2D eigenvalue weighted by Crippen LogP contribution is 2.59. The van der Waals surface area contributed by atoms with Gasteiger partial charge in [0.25, 0.3) is 0 Å². The first-order valence-corrected chi connectivity index (χ1v) is 19.2. The fourth-order valence-corrected chi connectivity index (χ4v) is 10.8. The average Bonchev–Trinajstić information content (AvgIpc) is 3.74. The molecule has 8 aromatic carbocycles. The highest BCUT2D eigenvalue weighted by molar-refractivity contribution is 7.25. The molecule has 0 aliphatic heterocycles. The maximum atomic E-state index is 2.52. The normalized spacial score (nSPS) is 14.8. The smallest absolute Gasteiger partial charge is 0.0546 e. The van der Waals surface area contributed by atoms with Crippen LogP contribution in [0.5, 0.6) is 0 Å². The largest absolute Gasteiger partial charge is 0.310 e. The molecule has 0 atom stereocenters. The van der Waals surface area contributed by atoms with E-state index in [1.54, 1.807) is 0 Å². The van der Waals surface area contributed by atoms with E-state index in [9.17, 15) is 0 Å². The first kappa shape index (κ1) is 30.0. The first-order valence-electron chi connectivity index (χ1n) is 18.4. The quantitative estimate of drug-likeness (QED) is 0.168. The zero-order valence-electron chi connectivity index (χ0n) is 29.8. The van der Waals surface area contributed by atoms with Crippen molar-refractivity contribution in [2.24, 2.45) is 0 Å². The lowest BCUT2D eigenvalue weighted by Gasteiger charge is -2.29. The van der Waals surface area contributed by atoms with E-state index in [-0.39, 0.29) is 10.8 Å². The molecule has 0 saturated heterocycles. The van der Waals surface area contributed by atoms with Crippen LogP contribution in [0.25, 0.3) is 64.0 Å². The van der Waals surface area contributed by atoms with E-state index in [0.29, 0.717) is 0 Å². The number of nitrogens with zero attached hydrogens (tertiary/aromatic N) is 1. The minimum absolute atomic E-state index is 0.0810. The van der Waals surface area contributed by atoms with Gasteiger partial charge < -0.3 is 4.90 Å². The number of hydrogen-bond donors (Lipinski definition) is 0. The Morgan fingerprint density at radius 2 is 1.08 bits per heavy atom. The van der Waals surface area contributed by atoms with Crippen LogP contribution in [0, 0.1) is 0 Å². The second-order valence-corrected chi connectivity index (χ2v) is 16.8. The number of benzene rings is 8. The molecule has 0 radical (unpaired) electrons. The zero-order valence-corrected chi connectivity index (χ0v) is 30.6. The van der Waals surface area contributed by atoms with Crippen molar-refractivity contribution in [2.45, 2.75) is 38.5 Å². The molecule has 0 unspecified atom stereocenters. The van der Waals surface area contributed by atoms with Gasteiger partial charge in [-0.05, 0) is 103 Å². The minimum Gasteiger partial charge on any atom is -0.310 e. The summed E-state index contributed by atoms with van der Waals surface area (Å²) >= 11 is 1.87. The standard InChI is InChI=1S/C50H37NS/c1-49(2)42-25-24-38-35-16-9-11-19-41(35)50(3,4)48(38)47(42)39-23-21-32(29-43(39)49)51(31-22-26-46-40(28-31)37-18-10-12-20-45(37)52-46)44-27-30-13-5-6-14-33(30)34-15-7-8-17-36(34)44/h5-29H,1-4H3. The topological polar surface area (TPSA) is 3.24 Å². The maximum absolute atomic E-state index is 2.52. The molecule has 0 N–H and O–H groups in total. The molecule has 1 nitrogen and oxygen atoms in total. The Labute approximate surface area is 308 Å². The fourth-order valence-electron chi connectivity index (χ4n) is 9.73. The van der Waals surface area contributed by atoms with Crippen LogP contribution in [-0.4, -0.2) is 0 Å². The third kappa shape index (κ3) is 3.93. The van der Waals surface area contributed by atoms with Crippen LogP contribution in [0.15, 0.2) is 152 Å². The molecule has 9 aromatic rings. The molecular formula is C50H37NS. The summed E-state index contributed by atoms with van der Waals surface area (Å²) in [5.41, 5.74) is 14.6. The Bertz CT molecular complexity index is 2980. The molecule has 2 aliphatic carbocycles. The van der Waals surface area contributed by atoms with Crippen LogP contribution in [0.2, 0.25) is 0 Å². The van der Waals surface area contributed by atoms with Gasteiger partial charge in [-0.3, -0.25) is 0 Å². The summed E-state index contributed by atoms with van der Waals surface area (Å²) in [5, 5.41) is 7.67. The van der Waals surface area contributed by atoms with Gasteiger partial charge in [0, 0.05) is 47.8 Å². The molecule has 2 heteroatoms. The predicted octanol–water partition coefficient (Wildman–Crippen LogP) is 14.4. The average molecular weight is 684 g/mol. The molecule has 248 valence electrons. The van der Waals surface area contributed by atoms with Crippen LogP contribution in [0.4, 0.5) is 17.1 Å². The molecule has 2 aliphatic rings. The van der Waals surface area contributed by atoms with E-state index in [1.165, 1.54) is 103 Å². The van der Waals surface area contributed by atoms with Gasteiger partial charge in [0.2, 0.25) is 0 Å². The third-order valence-electron chi connectivity index (χ3n) is 12.2. The summed E-state index contributed by atoms with van der Waals surface area (Å²) in [4.78, 5) is 2.52. The number of rotatable bonds is 3. The van der Waals surface area contributed by atoms with Crippen LogP contribution in [0.3, 0.4) is 0 Å². The molecule has 52 heavy (non-hydrogen) atoms. The lowest BCUT2D eigenvalue weighted by Crippen LogP contribution is -2.18. The fraction of sp³-hybridized carbons (Fsp3) is 0.120. The van der Waals surface area contributed by atoms with Gasteiger partial charge in [0.05, 0.1) is 5.69 Å². The second-order valence-electron chi connectivity index (χ2n) is 15.7. The Kier molecular flexibility index (Phi) is 6.02. The van der Waals surface area contributed by atoms with Crippen molar-refractivity contribution in [2.75, 3.05) is 4.90 Å². The number of thiophene rings is 1. The second kappa shape index (κ2) is 10.4. The first-order chi connectivity index (χ1) is 25.3. The van der Waals surface area contributed by atoms with Crippen molar-refractivity contribution in [3.63, 3.8) is 0 Å². The van der Waals surface area contributed by atoms with Crippen LogP contribution in [0.1, 0.15) is 49.9 Å². The Balaban J connectivity index is 1.18. The maximum Gasteiger partial charge on any atom is 0.0546 e. The Hall–Kier alpha value is -5.70. The van der Waals surface area contributed by atoms with Crippen molar-refractivity contribution >= 4 is 70.1 Å². The highest BCUT2D eigenvalue weighted by Gasteiger charge is 2.44. The molecule has 0 fully saturated rings. The molecule has 1 heterocycles. The lowest BCUT2D eigenvalue weighted by atomic mass is 9.77. The van der Waals surface area contributed by atoms with E-state index in [2.05, 4.69) is 184 Å². The van der Waals surface area contributed by atoms with Crippen LogP contribution < -0.4 is 4.90 Å². The molecule has 1 aromatic heterocycles. The summed E-state index contributed by atoms with van der Waals surface area (Å²) in [6, 6.07) is 57.1. The van der Waals surface area contributed by atoms with Gasteiger partial charge in [-0.15, -0.1) is 11.3 Å². The predicted molar refractivity (Wildman–Crippen MR) is 224 cm³/mol. The summed E-state index contributed by atoms with van der Waals surface area (Å²) in [5.74, 6) is 0. The van der Waals surface area contributed by atoms with Gasteiger partial charge in [-0.2, -0.15) is 0 Å². The monoisotopic (exact) mass is 683 g/mol. The van der Waals surface area contributed by atoms with E-state index < -0.39 is 0 Å². The molecule has 0 amide bonds. The Morgan fingerprint density at radius 1 is 0.423 bits per heavy atom. The minimum atomic E-state index is -0.162. The molecule has 0 saturated carbocycles. The van der Waals surface area contributed by atoms with Gasteiger partial charge in [0.15, 0.2) is 0 Å². The number of fused-ring (bicyclic) bond motifs is 13. The van der Waals surface area contributed by atoms with Crippen LogP contribution >= 0.6 is 11.3 Å². The van der Waals surface area contributed by atoms with Gasteiger partial charge in [-0.1, -0.05) is 137 Å². The van der Waals surface area contributed by atoms with Crippen molar-refractivity contribution in [1.82, 2.24) is 0 Å². The summed E-state index contributed by atoms with van der Waals surface area (Å²) in [6.07, 6.45) is 0. The zero-order chi connectivity index (χ0) is 34.9. The number of hydrogen-bond acceptors (Lipinski definition) is 2. The van der Waals surface area contributed by atoms with Gasteiger partial charge in [0.1, 0.15) is 0 Å². The van der Waals surface area contributed by atoms with Gasteiger partial charge >= 0.3 is 0 Å². The van der Waals surface area contributed by atoms with E-state index >= 15 is 0 Å².